The molecule has 0 spiro atoms. The minimum atomic E-state index is -0.252. The van der Waals surface area contributed by atoms with Gasteiger partial charge in [0.05, 0.1) is 6.10 Å². The summed E-state index contributed by atoms with van der Waals surface area (Å²) in [5.74, 6) is 0. The fraction of sp³-hybridized carbons (Fsp3) is 1.00. The van der Waals surface area contributed by atoms with Crippen LogP contribution in [0.3, 0.4) is 0 Å². The van der Waals surface area contributed by atoms with E-state index in [9.17, 15) is 5.11 Å². The van der Waals surface area contributed by atoms with E-state index < -0.39 is 0 Å². The van der Waals surface area contributed by atoms with E-state index in [0.717, 1.165) is 32.7 Å². The molecule has 0 bridgehead atoms. The maximum absolute atomic E-state index is 9.94. The molecule has 1 rings (SSSR count). The number of rotatable bonds is 6. The quantitative estimate of drug-likeness (QED) is 0.707. The normalized spacial score (nSPS) is 25.4. The van der Waals surface area contributed by atoms with Crippen molar-refractivity contribution in [1.82, 2.24) is 15.1 Å². The molecule has 102 valence electrons. The van der Waals surface area contributed by atoms with Crippen LogP contribution in [0, 0.1) is 0 Å². The maximum Gasteiger partial charge on any atom is 0.0791 e. The lowest BCUT2D eigenvalue weighted by molar-refractivity contribution is 0.0477. The lowest BCUT2D eigenvalue weighted by Crippen LogP contribution is -2.54. The third-order valence-corrected chi connectivity index (χ3v) is 3.49. The van der Waals surface area contributed by atoms with Crippen molar-refractivity contribution < 1.29 is 5.11 Å². The zero-order valence-corrected chi connectivity index (χ0v) is 11.8. The number of β-amino-alcohol motifs (C(OH)–C–C–N with tert-alkyl or cyclic N) is 1. The molecule has 0 saturated carbocycles. The Bertz CT molecular complexity index is 211. The third-order valence-electron chi connectivity index (χ3n) is 3.49. The summed E-state index contributed by atoms with van der Waals surface area (Å²) < 4.78 is 0. The summed E-state index contributed by atoms with van der Waals surface area (Å²) in [5.41, 5.74) is 0. The number of likely N-dealkylation sites (N-methyl/N-ethyl adjacent to an activating group) is 1. The number of piperazine rings is 1. The summed E-state index contributed by atoms with van der Waals surface area (Å²) in [5, 5.41) is 13.2. The fourth-order valence-electron chi connectivity index (χ4n) is 2.44. The van der Waals surface area contributed by atoms with E-state index in [0.29, 0.717) is 18.6 Å². The monoisotopic (exact) mass is 243 g/mol. The zero-order chi connectivity index (χ0) is 12.8. The van der Waals surface area contributed by atoms with Gasteiger partial charge in [-0.25, -0.2) is 0 Å². The van der Waals surface area contributed by atoms with Gasteiger partial charge < -0.3 is 10.4 Å². The Morgan fingerprint density at radius 2 is 2.06 bits per heavy atom. The van der Waals surface area contributed by atoms with Crippen LogP contribution >= 0.6 is 0 Å². The van der Waals surface area contributed by atoms with Gasteiger partial charge in [-0.15, -0.1) is 0 Å². The van der Waals surface area contributed by atoms with Crippen LogP contribution in [0.15, 0.2) is 0 Å². The molecule has 2 unspecified atom stereocenters. The topological polar surface area (TPSA) is 38.7 Å². The first-order chi connectivity index (χ1) is 8.02. The molecule has 1 aliphatic rings. The van der Waals surface area contributed by atoms with Gasteiger partial charge in [0, 0.05) is 44.8 Å². The molecule has 0 aliphatic carbocycles. The van der Waals surface area contributed by atoms with E-state index in [1.165, 1.54) is 0 Å². The Hall–Kier alpha value is -0.160. The summed E-state index contributed by atoms with van der Waals surface area (Å²) in [6, 6.07) is 1.06. The van der Waals surface area contributed by atoms with Crippen LogP contribution in [-0.2, 0) is 0 Å². The molecule has 1 saturated heterocycles. The lowest BCUT2D eigenvalue weighted by Gasteiger charge is -2.40. The minimum Gasteiger partial charge on any atom is -0.390 e. The summed E-state index contributed by atoms with van der Waals surface area (Å²) >= 11 is 0. The molecular weight excluding hydrogens is 214 g/mol. The molecule has 1 fully saturated rings. The molecule has 2 N–H and O–H groups in total. The molecule has 4 heteroatoms. The molecule has 0 radical (unpaired) electrons. The number of aliphatic hydroxyl groups excluding tert-OH is 1. The van der Waals surface area contributed by atoms with Crippen LogP contribution < -0.4 is 5.32 Å². The number of nitrogens with zero attached hydrogens (tertiary/aromatic N) is 2. The maximum atomic E-state index is 9.94. The number of nitrogens with one attached hydrogen (secondary N) is 1. The molecule has 1 aliphatic heterocycles. The second-order valence-corrected chi connectivity index (χ2v) is 5.45. The van der Waals surface area contributed by atoms with Gasteiger partial charge in [0.2, 0.25) is 0 Å². The Morgan fingerprint density at radius 1 is 1.35 bits per heavy atom. The first kappa shape index (κ1) is 14.9. The van der Waals surface area contributed by atoms with Crippen molar-refractivity contribution in [1.29, 1.82) is 0 Å². The van der Waals surface area contributed by atoms with Crippen molar-refractivity contribution in [3.8, 4) is 0 Å². The van der Waals surface area contributed by atoms with Gasteiger partial charge in [-0.3, -0.25) is 9.80 Å². The zero-order valence-electron chi connectivity index (χ0n) is 11.8. The standard InChI is InChI=1S/C13H29N3O/c1-5-16-7-6-15(9-12(16)4)10-13(17)8-14-11(2)3/h11-14,17H,5-10H2,1-4H3. The molecule has 2 atom stereocenters. The van der Waals surface area contributed by atoms with E-state index in [2.05, 4.69) is 42.8 Å². The van der Waals surface area contributed by atoms with E-state index in [1.54, 1.807) is 0 Å². The molecule has 0 aromatic heterocycles. The number of hydrogen-bond acceptors (Lipinski definition) is 4. The van der Waals surface area contributed by atoms with Gasteiger partial charge in [-0.1, -0.05) is 20.8 Å². The van der Waals surface area contributed by atoms with E-state index in [-0.39, 0.29) is 6.10 Å². The van der Waals surface area contributed by atoms with Crippen LogP contribution in [-0.4, -0.2) is 72.4 Å². The average molecular weight is 243 g/mol. The molecule has 0 amide bonds. The van der Waals surface area contributed by atoms with Crippen LogP contribution in [0.25, 0.3) is 0 Å². The van der Waals surface area contributed by atoms with Gasteiger partial charge in [-0.05, 0) is 13.5 Å². The molecule has 0 aromatic rings. The smallest absolute Gasteiger partial charge is 0.0791 e. The molecular formula is C13H29N3O. The Kier molecular flexibility index (Phi) is 6.41. The Morgan fingerprint density at radius 3 is 2.59 bits per heavy atom. The predicted octanol–water partition coefficient (Wildman–Crippen LogP) is 0.371. The third kappa shape index (κ3) is 5.34. The largest absolute Gasteiger partial charge is 0.390 e. The van der Waals surface area contributed by atoms with Crippen molar-refractivity contribution in [3.63, 3.8) is 0 Å². The molecule has 17 heavy (non-hydrogen) atoms. The van der Waals surface area contributed by atoms with Crippen LogP contribution in [0.5, 0.6) is 0 Å². The highest BCUT2D eigenvalue weighted by molar-refractivity contribution is 4.80. The second kappa shape index (κ2) is 7.31. The van der Waals surface area contributed by atoms with Gasteiger partial charge in [-0.2, -0.15) is 0 Å². The summed E-state index contributed by atoms with van der Waals surface area (Å²) in [6.07, 6.45) is -0.252. The number of hydrogen-bond donors (Lipinski definition) is 2. The van der Waals surface area contributed by atoms with Gasteiger partial charge in [0.1, 0.15) is 0 Å². The first-order valence-corrected chi connectivity index (χ1v) is 6.90. The SMILES string of the molecule is CCN1CCN(CC(O)CNC(C)C)CC1C. The molecule has 0 aromatic carbocycles. The number of aliphatic hydroxyl groups is 1. The van der Waals surface area contributed by atoms with E-state index in [1.807, 2.05) is 0 Å². The van der Waals surface area contributed by atoms with Crippen molar-refractivity contribution in [2.24, 2.45) is 0 Å². The highest BCUT2D eigenvalue weighted by Crippen LogP contribution is 2.09. The average Bonchev–Trinajstić information content (AvgIpc) is 2.26. The van der Waals surface area contributed by atoms with Crippen molar-refractivity contribution in [2.45, 2.75) is 45.9 Å². The van der Waals surface area contributed by atoms with Gasteiger partial charge >= 0.3 is 0 Å². The van der Waals surface area contributed by atoms with Gasteiger partial charge in [0.25, 0.3) is 0 Å². The van der Waals surface area contributed by atoms with E-state index in [4.69, 9.17) is 0 Å². The summed E-state index contributed by atoms with van der Waals surface area (Å²) in [7, 11) is 0. The summed E-state index contributed by atoms with van der Waals surface area (Å²) in [4.78, 5) is 4.87. The van der Waals surface area contributed by atoms with Crippen molar-refractivity contribution in [2.75, 3.05) is 39.3 Å². The predicted molar refractivity (Wildman–Crippen MR) is 72.3 cm³/mol. The lowest BCUT2D eigenvalue weighted by atomic mass is 10.1. The van der Waals surface area contributed by atoms with Crippen LogP contribution in [0.1, 0.15) is 27.7 Å². The summed E-state index contributed by atoms with van der Waals surface area (Å²) in [6.45, 7) is 14.6. The Balaban J connectivity index is 2.24. The molecule has 4 nitrogen and oxygen atoms in total. The highest BCUT2D eigenvalue weighted by atomic mass is 16.3. The highest BCUT2D eigenvalue weighted by Gasteiger charge is 2.23. The van der Waals surface area contributed by atoms with Crippen LogP contribution in [0.2, 0.25) is 0 Å². The van der Waals surface area contributed by atoms with Crippen molar-refractivity contribution >= 4 is 0 Å². The minimum absolute atomic E-state index is 0.252. The van der Waals surface area contributed by atoms with Crippen LogP contribution in [0.4, 0.5) is 0 Å². The molecule has 1 heterocycles. The Labute approximate surface area is 106 Å². The second-order valence-electron chi connectivity index (χ2n) is 5.45. The van der Waals surface area contributed by atoms with E-state index >= 15 is 0 Å². The fourth-order valence-corrected chi connectivity index (χ4v) is 2.44. The van der Waals surface area contributed by atoms with Crippen molar-refractivity contribution in [3.05, 3.63) is 0 Å². The first-order valence-electron chi connectivity index (χ1n) is 6.90. The van der Waals surface area contributed by atoms with Gasteiger partial charge in [0.15, 0.2) is 0 Å².